The number of hydrogen-bond acceptors (Lipinski definition) is 6. The number of hydrogen-bond donors (Lipinski definition) is 2. The monoisotopic (exact) mass is 344 g/mol. The quantitative estimate of drug-likeness (QED) is 0.684. The molecule has 1 aliphatic heterocycles. The minimum atomic E-state index is -2.04. The number of carbonyl (C=O) groups is 2. The van der Waals surface area contributed by atoms with Crippen molar-refractivity contribution in [2.75, 3.05) is 18.0 Å². The van der Waals surface area contributed by atoms with Gasteiger partial charge in [-0.1, -0.05) is 25.1 Å². The minimum Gasteiger partial charge on any atom is -0.372 e. The smallest absolute Gasteiger partial charge is 0.268 e. The molecule has 0 bridgehead atoms. The van der Waals surface area contributed by atoms with E-state index >= 15 is 0 Å². The highest BCUT2D eigenvalue weighted by Gasteiger charge is 2.51. The number of amides is 2. The Labute approximate surface area is 144 Å². The Bertz CT molecular complexity index is 762. The molecular formula is C16H20N6O3. The van der Waals surface area contributed by atoms with E-state index in [1.807, 2.05) is 13.0 Å². The summed E-state index contributed by atoms with van der Waals surface area (Å²) in [6.07, 6.45) is 0.729. The zero-order valence-corrected chi connectivity index (χ0v) is 13.9. The van der Waals surface area contributed by atoms with Gasteiger partial charge < -0.3 is 15.3 Å². The Morgan fingerprint density at radius 2 is 2.12 bits per heavy atom. The Balaban J connectivity index is 1.61. The summed E-state index contributed by atoms with van der Waals surface area (Å²) in [4.78, 5) is 26.3. The largest absolute Gasteiger partial charge is 0.372 e. The van der Waals surface area contributed by atoms with Gasteiger partial charge in [0, 0.05) is 31.6 Å². The molecule has 1 aromatic carbocycles. The third-order valence-electron chi connectivity index (χ3n) is 4.27. The van der Waals surface area contributed by atoms with Gasteiger partial charge in [-0.3, -0.25) is 9.59 Å². The van der Waals surface area contributed by atoms with Crippen molar-refractivity contribution in [3.8, 4) is 0 Å². The van der Waals surface area contributed by atoms with Gasteiger partial charge in [0.25, 0.3) is 11.8 Å². The first-order valence-corrected chi connectivity index (χ1v) is 8.19. The van der Waals surface area contributed by atoms with Crippen molar-refractivity contribution >= 4 is 17.5 Å². The number of benzene rings is 1. The first-order chi connectivity index (χ1) is 12.1. The second-order valence-corrected chi connectivity index (χ2v) is 5.83. The summed E-state index contributed by atoms with van der Waals surface area (Å²) >= 11 is 0. The summed E-state index contributed by atoms with van der Waals surface area (Å²) in [5.41, 5.74) is -1.37. The van der Waals surface area contributed by atoms with Gasteiger partial charge in [0.15, 0.2) is 5.82 Å². The van der Waals surface area contributed by atoms with Crippen LogP contribution in [0.15, 0.2) is 30.3 Å². The second-order valence-electron chi connectivity index (χ2n) is 5.83. The second kappa shape index (κ2) is 6.98. The lowest BCUT2D eigenvalue weighted by Crippen LogP contribution is -2.53. The summed E-state index contributed by atoms with van der Waals surface area (Å²) in [5, 5.41) is 24.4. The van der Waals surface area contributed by atoms with Gasteiger partial charge in [0.1, 0.15) is 0 Å². The molecule has 2 amide bonds. The number of anilines is 1. The highest BCUT2D eigenvalue weighted by atomic mass is 16.3. The average molecular weight is 344 g/mol. The first kappa shape index (κ1) is 17.0. The third kappa shape index (κ3) is 3.22. The third-order valence-corrected chi connectivity index (χ3v) is 4.27. The van der Waals surface area contributed by atoms with Crippen molar-refractivity contribution in [1.82, 2.24) is 25.5 Å². The molecule has 2 heterocycles. The van der Waals surface area contributed by atoms with E-state index in [-0.39, 0.29) is 13.0 Å². The molecule has 0 radical (unpaired) electrons. The van der Waals surface area contributed by atoms with Crippen LogP contribution in [-0.2, 0) is 22.6 Å². The van der Waals surface area contributed by atoms with Crippen molar-refractivity contribution in [2.45, 2.75) is 31.9 Å². The summed E-state index contributed by atoms with van der Waals surface area (Å²) in [7, 11) is 0. The summed E-state index contributed by atoms with van der Waals surface area (Å²) in [6, 6.07) is 8.98. The molecule has 0 unspecified atom stereocenters. The fourth-order valence-electron chi connectivity index (χ4n) is 2.84. The number of aryl methyl sites for hydroxylation is 1. The Morgan fingerprint density at radius 1 is 1.36 bits per heavy atom. The SMILES string of the molecule is CCc1nnnn1CCNC(=O)[C@@]1(O)CCN(c2ccccc2)C1=O. The highest BCUT2D eigenvalue weighted by molar-refractivity contribution is 6.16. The number of nitrogens with one attached hydrogen (secondary N) is 1. The van der Waals surface area contributed by atoms with Crippen LogP contribution in [0.1, 0.15) is 19.2 Å². The van der Waals surface area contributed by atoms with Crippen LogP contribution in [0.3, 0.4) is 0 Å². The predicted octanol–water partition coefficient (Wildman–Crippen LogP) is -0.480. The van der Waals surface area contributed by atoms with E-state index in [2.05, 4.69) is 20.8 Å². The first-order valence-electron chi connectivity index (χ1n) is 8.19. The lowest BCUT2D eigenvalue weighted by atomic mass is 10.0. The van der Waals surface area contributed by atoms with Gasteiger partial charge >= 0.3 is 0 Å². The topological polar surface area (TPSA) is 113 Å². The predicted molar refractivity (Wildman–Crippen MR) is 88.6 cm³/mol. The molecule has 0 aliphatic carbocycles. The molecule has 2 aromatic rings. The van der Waals surface area contributed by atoms with E-state index in [4.69, 9.17) is 0 Å². The molecular weight excluding hydrogens is 324 g/mol. The Morgan fingerprint density at radius 3 is 2.84 bits per heavy atom. The lowest BCUT2D eigenvalue weighted by Gasteiger charge is -2.21. The molecule has 9 heteroatoms. The van der Waals surface area contributed by atoms with Gasteiger partial charge in [-0.25, -0.2) is 4.68 Å². The fourth-order valence-corrected chi connectivity index (χ4v) is 2.84. The van der Waals surface area contributed by atoms with Gasteiger partial charge in [-0.2, -0.15) is 0 Å². The van der Waals surface area contributed by atoms with Crippen molar-refractivity contribution in [2.24, 2.45) is 0 Å². The molecule has 1 fully saturated rings. The molecule has 9 nitrogen and oxygen atoms in total. The molecule has 1 aromatic heterocycles. The number of carbonyl (C=O) groups excluding carboxylic acids is 2. The summed E-state index contributed by atoms with van der Waals surface area (Å²) in [6.45, 7) is 2.81. The average Bonchev–Trinajstić information content (AvgIpc) is 3.21. The van der Waals surface area contributed by atoms with Gasteiger partial charge in [-0.15, -0.1) is 5.10 Å². The molecule has 0 saturated carbocycles. The number of aromatic nitrogens is 4. The van der Waals surface area contributed by atoms with Gasteiger partial charge in [0.05, 0.1) is 6.54 Å². The normalized spacial score (nSPS) is 20.1. The number of tetrazole rings is 1. The maximum absolute atomic E-state index is 12.5. The zero-order valence-electron chi connectivity index (χ0n) is 13.9. The molecule has 3 rings (SSSR count). The van der Waals surface area contributed by atoms with Crippen molar-refractivity contribution in [3.63, 3.8) is 0 Å². The number of para-hydroxylation sites is 1. The van der Waals surface area contributed by atoms with E-state index in [1.165, 1.54) is 4.90 Å². The molecule has 1 aliphatic rings. The van der Waals surface area contributed by atoms with Crippen LogP contribution in [0.4, 0.5) is 5.69 Å². The molecule has 0 spiro atoms. The molecule has 1 saturated heterocycles. The van der Waals surface area contributed by atoms with Crippen LogP contribution < -0.4 is 10.2 Å². The fraction of sp³-hybridized carbons (Fsp3) is 0.438. The number of nitrogens with zero attached hydrogens (tertiary/aromatic N) is 5. The molecule has 25 heavy (non-hydrogen) atoms. The van der Waals surface area contributed by atoms with Crippen LogP contribution >= 0.6 is 0 Å². The molecule has 1 atom stereocenters. The van der Waals surface area contributed by atoms with Gasteiger partial charge in [0.2, 0.25) is 5.60 Å². The molecule has 132 valence electrons. The van der Waals surface area contributed by atoms with Crippen LogP contribution in [0.2, 0.25) is 0 Å². The number of aliphatic hydroxyl groups is 1. The van der Waals surface area contributed by atoms with Crippen molar-refractivity contribution < 1.29 is 14.7 Å². The summed E-state index contributed by atoms with van der Waals surface area (Å²) < 4.78 is 1.58. The van der Waals surface area contributed by atoms with E-state index in [0.717, 1.165) is 0 Å². The van der Waals surface area contributed by atoms with Crippen LogP contribution in [0, 0.1) is 0 Å². The zero-order chi connectivity index (χ0) is 17.9. The van der Waals surface area contributed by atoms with E-state index < -0.39 is 17.4 Å². The van der Waals surface area contributed by atoms with E-state index in [9.17, 15) is 14.7 Å². The highest BCUT2D eigenvalue weighted by Crippen LogP contribution is 2.28. The maximum atomic E-state index is 12.5. The maximum Gasteiger partial charge on any atom is 0.268 e. The van der Waals surface area contributed by atoms with Crippen LogP contribution in [0.5, 0.6) is 0 Å². The van der Waals surface area contributed by atoms with E-state index in [1.54, 1.807) is 28.9 Å². The van der Waals surface area contributed by atoms with Crippen molar-refractivity contribution in [1.29, 1.82) is 0 Å². The standard InChI is InChI=1S/C16H20N6O3/c1-2-13-18-19-20-22(13)11-9-17-14(23)16(25)8-10-21(15(16)24)12-6-4-3-5-7-12/h3-7,25H,2,8-11H2,1H3,(H,17,23)/t16-/m0/s1. The van der Waals surface area contributed by atoms with Crippen LogP contribution in [0.25, 0.3) is 0 Å². The lowest BCUT2D eigenvalue weighted by molar-refractivity contribution is -0.149. The Hall–Kier alpha value is -2.81. The minimum absolute atomic E-state index is 0.0532. The Kier molecular flexibility index (Phi) is 4.75. The summed E-state index contributed by atoms with van der Waals surface area (Å²) in [5.74, 6) is -0.588. The van der Waals surface area contributed by atoms with E-state index in [0.29, 0.717) is 31.0 Å². The van der Waals surface area contributed by atoms with Crippen molar-refractivity contribution in [3.05, 3.63) is 36.2 Å². The number of rotatable bonds is 6. The van der Waals surface area contributed by atoms with Crippen LogP contribution in [-0.4, -0.2) is 55.8 Å². The van der Waals surface area contributed by atoms with Gasteiger partial charge in [-0.05, 0) is 22.6 Å². The molecule has 2 N–H and O–H groups in total.